The molecule has 0 saturated carbocycles. The highest BCUT2D eigenvalue weighted by atomic mass is 28.3. The maximum absolute atomic E-state index is 2.56. The zero-order valence-corrected chi connectivity index (χ0v) is 22.1. The summed E-state index contributed by atoms with van der Waals surface area (Å²) in [4.78, 5) is 0. The van der Waals surface area contributed by atoms with Gasteiger partial charge in [0, 0.05) is 5.92 Å². The van der Waals surface area contributed by atoms with Crippen molar-refractivity contribution in [2.24, 2.45) is 0 Å². The SMILES string of the molecule is CCCCC1=Cc2c(-c3ccccc3)cccc2C1c1c([Si](C)C)ccc2c1Cc1ccccc1-2. The summed E-state index contributed by atoms with van der Waals surface area (Å²) < 4.78 is 0. The Balaban J connectivity index is 1.59. The van der Waals surface area contributed by atoms with Crippen molar-refractivity contribution in [3.05, 3.63) is 118 Å². The van der Waals surface area contributed by atoms with Gasteiger partial charge >= 0.3 is 0 Å². The van der Waals surface area contributed by atoms with Gasteiger partial charge in [-0.2, -0.15) is 0 Å². The van der Waals surface area contributed by atoms with E-state index in [9.17, 15) is 0 Å². The molecule has 35 heavy (non-hydrogen) atoms. The zero-order valence-electron chi connectivity index (χ0n) is 21.1. The first kappa shape index (κ1) is 22.3. The highest BCUT2D eigenvalue weighted by Crippen LogP contribution is 2.49. The van der Waals surface area contributed by atoms with Gasteiger partial charge in [-0.3, -0.25) is 0 Å². The van der Waals surface area contributed by atoms with Gasteiger partial charge in [-0.15, -0.1) is 0 Å². The Morgan fingerprint density at radius 3 is 2.34 bits per heavy atom. The van der Waals surface area contributed by atoms with E-state index in [1.165, 1.54) is 58.2 Å². The van der Waals surface area contributed by atoms with Crippen molar-refractivity contribution < 1.29 is 0 Å². The molecule has 1 unspecified atom stereocenters. The number of hydrogen-bond acceptors (Lipinski definition) is 0. The van der Waals surface area contributed by atoms with Crippen molar-refractivity contribution in [1.29, 1.82) is 0 Å². The second-order valence-electron chi connectivity index (χ2n) is 10.3. The standard InChI is InChI=1S/C34H33Si/c1-4-5-12-25-22-30-26(23-13-7-6-8-14-23)17-11-18-29(30)33(25)34-31-21-24-15-9-10-16-27(24)28(31)19-20-32(34)35(2)3/h6-11,13-20,22,33H,4-5,12,21H2,1-3H3. The van der Waals surface area contributed by atoms with Gasteiger partial charge in [-0.05, 0) is 69.3 Å². The maximum Gasteiger partial charge on any atom is 0.0795 e. The summed E-state index contributed by atoms with van der Waals surface area (Å²) in [7, 11) is -0.620. The number of hydrogen-bond donors (Lipinski definition) is 0. The summed E-state index contributed by atoms with van der Waals surface area (Å²) in [6.45, 7) is 7.24. The molecule has 0 nitrogen and oxygen atoms in total. The largest absolute Gasteiger partial charge is 0.0795 e. The Labute approximate surface area is 212 Å². The molecule has 0 saturated heterocycles. The third kappa shape index (κ3) is 3.74. The monoisotopic (exact) mass is 469 g/mol. The molecule has 0 bridgehead atoms. The molecule has 4 aromatic carbocycles. The van der Waals surface area contributed by atoms with Gasteiger partial charge in [0.2, 0.25) is 0 Å². The maximum atomic E-state index is 2.56. The second-order valence-corrected chi connectivity index (χ2v) is 12.9. The molecule has 2 aliphatic carbocycles. The summed E-state index contributed by atoms with van der Waals surface area (Å²) in [5.74, 6) is 0.374. The Morgan fingerprint density at radius 1 is 0.771 bits per heavy atom. The molecule has 0 amide bonds. The van der Waals surface area contributed by atoms with Crippen LogP contribution in [0.5, 0.6) is 0 Å². The van der Waals surface area contributed by atoms with E-state index in [2.05, 4.69) is 111 Å². The van der Waals surface area contributed by atoms with E-state index in [4.69, 9.17) is 0 Å². The lowest BCUT2D eigenvalue weighted by Gasteiger charge is -2.26. The van der Waals surface area contributed by atoms with E-state index in [1.807, 2.05) is 0 Å². The molecule has 1 radical (unpaired) electrons. The second kappa shape index (κ2) is 9.13. The number of allylic oxidation sites excluding steroid dienone is 1. The van der Waals surface area contributed by atoms with Gasteiger partial charge in [0.15, 0.2) is 0 Å². The van der Waals surface area contributed by atoms with E-state index in [-0.39, 0.29) is 0 Å². The first-order valence-electron chi connectivity index (χ1n) is 13.1. The van der Waals surface area contributed by atoms with Crippen LogP contribution < -0.4 is 5.19 Å². The number of unbranched alkanes of at least 4 members (excludes halogenated alkanes) is 1. The van der Waals surface area contributed by atoms with Gasteiger partial charge in [-0.25, -0.2) is 0 Å². The molecule has 2 aliphatic rings. The summed E-state index contributed by atoms with van der Waals surface area (Å²) in [5, 5.41) is 1.62. The third-order valence-electron chi connectivity index (χ3n) is 7.91. The number of rotatable bonds is 6. The summed E-state index contributed by atoms with van der Waals surface area (Å²) >= 11 is 0. The van der Waals surface area contributed by atoms with Crippen LogP contribution >= 0.6 is 0 Å². The summed E-state index contributed by atoms with van der Waals surface area (Å²) in [6, 6.07) is 31.9. The van der Waals surface area contributed by atoms with Crippen molar-refractivity contribution in [2.45, 2.75) is 51.6 Å². The van der Waals surface area contributed by atoms with Crippen LogP contribution in [-0.4, -0.2) is 8.80 Å². The molecule has 0 N–H and O–H groups in total. The van der Waals surface area contributed by atoms with Gasteiger partial charge < -0.3 is 0 Å². The fourth-order valence-electron chi connectivity index (χ4n) is 6.27. The lowest BCUT2D eigenvalue weighted by atomic mass is 9.82. The summed E-state index contributed by atoms with van der Waals surface area (Å²) in [5.41, 5.74) is 14.8. The molecule has 1 heteroatoms. The molecule has 0 aliphatic heterocycles. The molecule has 4 aromatic rings. The van der Waals surface area contributed by atoms with E-state index in [0.717, 1.165) is 6.42 Å². The van der Waals surface area contributed by atoms with Gasteiger partial charge in [-0.1, -0.05) is 128 Å². The molecular formula is C34H33Si. The minimum absolute atomic E-state index is 0.374. The van der Waals surface area contributed by atoms with Crippen molar-refractivity contribution in [1.82, 2.24) is 0 Å². The highest BCUT2D eigenvalue weighted by molar-refractivity contribution is 6.71. The van der Waals surface area contributed by atoms with Gasteiger partial charge in [0.1, 0.15) is 0 Å². The van der Waals surface area contributed by atoms with E-state index in [1.54, 1.807) is 21.9 Å². The van der Waals surface area contributed by atoms with Crippen LogP contribution in [0.4, 0.5) is 0 Å². The normalized spacial score (nSPS) is 15.7. The molecule has 0 fully saturated rings. The average molecular weight is 470 g/mol. The van der Waals surface area contributed by atoms with Crippen molar-refractivity contribution in [2.75, 3.05) is 0 Å². The van der Waals surface area contributed by atoms with Crippen LogP contribution in [0.1, 0.15) is 59.9 Å². The number of benzene rings is 4. The third-order valence-corrected chi connectivity index (χ3v) is 9.43. The van der Waals surface area contributed by atoms with Crippen molar-refractivity contribution in [3.63, 3.8) is 0 Å². The smallest absolute Gasteiger partial charge is 0.0671 e. The molecule has 6 rings (SSSR count). The molecule has 0 spiro atoms. The van der Waals surface area contributed by atoms with Crippen LogP contribution in [0, 0.1) is 0 Å². The predicted molar refractivity (Wildman–Crippen MR) is 153 cm³/mol. The van der Waals surface area contributed by atoms with E-state index in [0.29, 0.717) is 5.92 Å². The van der Waals surface area contributed by atoms with Crippen molar-refractivity contribution >= 4 is 20.1 Å². The highest BCUT2D eigenvalue weighted by Gasteiger charge is 2.34. The fourth-order valence-corrected chi connectivity index (χ4v) is 7.52. The van der Waals surface area contributed by atoms with Gasteiger partial charge in [0.25, 0.3) is 0 Å². The Bertz CT molecular complexity index is 1420. The topological polar surface area (TPSA) is 0 Å². The summed E-state index contributed by atoms with van der Waals surface area (Å²) in [6.07, 6.45) is 7.27. The average Bonchev–Trinajstić information content (AvgIpc) is 3.45. The minimum atomic E-state index is -0.620. The van der Waals surface area contributed by atoms with Crippen LogP contribution in [-0.2, 0) is 6.42 Å². The molecule has 1 atom stereocenters. The Kier molecular flexibility index (Phi) is 5.82. The predicted octanol–water partition coefficient (Wildman–Crippen LogP) is 8.61. The Morgan fingerprint density at radius 2 is 1.54 bits per heavy atom. The van der Waals surface area contributed by atoms with Gasteiger partial charge in [0.05, 0.1) is 8.80 Å². The minimum Gasteiger partial charge on any atom is -0.0671 e. The zero-order chi connectivity index (χ0) is 23.9. The van der Waals surface area contributed by atoms with E-state index < -0.39 is 8.80 Å². The van der Waals surface area contributed by atoms with Crippen LogP contribution in [0.3, 0.4) is 0 Å². The Hall–Kier alpha value is -3.16. The molecular weight excluding hydrogens is 436 g/mol. The van der Waals surface area contributed by atoms with Crippen LogP contribution in [0.25, 0.3) is 28.3 Å². The first-order chi connectivity index (χ1) is 17.2. The van der Waals surface area contributed by atoms with E-state index >= 15 is 0 Å². The molecule has 0 aromatic heterocycles. The first-order valence-corrected chi connectivity index (χ1v) is 15.6. The lowest BCUT2D eigenvalue weighted by molar-refractivity contribution is 0.754. The van der Waals surface area contributed by atoms with Crippen molar-refractivity contribution in [3.8, 4) is 22.3 Å². The fraction of sp³-hybridized carbons (Fsp3) is 0.235. The number of fused-ring (bicyclic) bond motifs is 4. The molecule has 0 heterocycles. The quantitative estimate of drug-likeness (QED) is 0.218. The lowest BCUT2D eigenvalue weighted by Crippen LogP contribution is -2.30. The van der Waals surface area contributed by atoms with Crippen LogP contribution in [0.15, 0.2) is 90.5 Å². The van der Waals surface area contributed by atoms with Crippen LogP contribution in [0.2, 0.25) is 13.1 Å². The molecule has 173 valence electrons.